The monoisotopic (exact) mass is 466 g/mol. The van der Waals surface area contributed by atoms with Crippen LogP contribution in [0.4, 0.5) is 0 Å². The van der Waals surface area contributed by atoms with Crippen molar-refractivity contribution in [1.82, 2.24) is 0 Å². The van der Waals surface area contributed by atoms with Gasteiger partial charge in [0.1, 0.15) is 0 Å². The lowest BCUT2D eigenvalue weighted by atomic mass is 9.90. The van der Waals surface area contributed by atoms with Crippen molar-refractivity contribution in [2.75, 3.05) is 0 Å². The second-order valence-electron chi connectivity index (χ2n) is 8.78. The zero-order chi connectivity index (χ0) is 23.6. The first-order valence-electron chi connectivity index (χ1n) is 11.8. The van der Waals surface area contributed by atoms with Gasteiger partial charge in [0.05, 0.1) is 0 Å². The standard InChI is InChI=1S/C34H23Cl/c35-32-21-30(28-16-15-24-9-7-8-14-27(24)19-28)20-31(22-32)29-17-18-33(25-10-3-1-4-11-25)34(23-29)26-12-5-2-6-13-26/h1-23H. The van der Waals surface area contributed by atoms with Crippen LogP contribution in [-0.2, 0) is 0 Å². The van der Waals surface area contributed by atoms with Gasteiger partial charge < -0.3 is 0 Å². The summed E-state index contributed by atoms with van der Waals surface area (Å²) in [6.45, 7) is 0. The molecule has 0 nitrogen and oxygen atoms in total. The van der Waals surface area contributed by atoms with Gasteiger partial charge in [0.15, 0.2) is 0 Å². The lowest BCUT2D eigenvalue weighted by Gasteiger charge is -2.14. The molecule has 0 heterocycles. The number of fused-ring (bicyclic) bond motifs is 1. The zero-order valence-corrected chi connectivity index (χ0v) is 19.9. The molecule has 0 aliphatic carbocycles. The van der Waals surface area contributed by atoms with Gasteiger partial charge in [-0.2, -0.15) is 0 Å². The molecule has 0 amide bonds. The summed E-state index contributed by atoms with van der Waals surface area (Å²) < 4.78 is 0. The largest absolute Gasteiger partial charge is 0.0843 e. The van der Waals surface area contributed by atoms with E-state index in [2.05, 4.69) is 133 Å². The maximum Gasteiger partial charge on any atom is 0.0418 e. The molecule has 1 heteroatoms. The molecule has 0 unspecified atom stereocenters. The van der Waals surface area contributed by atoms with Gasteiger partial charge in [0.2, 0.25) is 0 Å². The van der Waals surface area contributed by atoms with Crippen LogP contribution in [0.25, 0.3) is 55.3 Å². The van der Waals surface area contributed by atoms with Gasteiger partial charge in [0.25, 0.3) is 0 Å². The highest BCUT2D eigenvalue weighted by Gasteiger charge is 2.11. The van der Waals surface area contributed by atoms with E-state index in [-0.39, 0.29) is 0 Å². The smallest absolute Gasteiger partial charge is 0.0418 e. The minimum absolute atomic E-state index is 0.735. The molecule has 166 valence electrons. The van der Waals surface area contributed by atoms with Crippen molar-refractivity contribution in [3.8, 4) is 44.5 Å². The van der Waals surface area contributed by atoms with E-state index >= 15 is 0 Å². The molecule has 0 N–H and O–H groups in total. The van der Waals surface area contributed by atoms with E-state index in [0.29, 0.717) is 0 Å². The first-order chi connectivity index (χ1) is 17.2. The molecule has 0 spiro atoms. The molecular formula is C34H23Cl. The van der Waals surface area contributed by atoms with E-state index in [1.165, 1.54) is 33.0 Å². The molecular weight excluding hydrogens is 444 g/mol. The minimum atomic E-state index is 0.735. The van der Waals surface area contributed by atoms with Crippen LogP contribution in [0.15, 0.2) is 140 Å². The minimum Gasteiger partial charge on any atom is -0.0843 e. The number of benzene rings is 6. The molecule has 6 aromatic rings. The predicted molar refractivity (Wildman–Crippen MR) is 151 cm³/mol. The third-order valence-electron chi connectivity index (χ3n) is 6.50. The highest BCUT2D eigenvalue weighted by atomic mass is 35.5. The molecule has 0 saturated heterocycles. The van der Waals surface area contributed by atoms with Crippen LogP contribution < -0.4 is 0 Å². The number of halogens is 1. The molecule has 0 aliphatic heterocycles. The lowest BCUT2D eigenvalue weighted by Crippen LogP contribution is -1.88. The fraction of sp³-hybridized carbons (Fsp3) is 0. The topological polar surface area (TPSA) is 0 Å². The second kappa shape index (κ2) is 9.25. The van der Waals surface area contributed by atoms with Crippen LogP contribution in [0.5, 0.6) is 0 Å². The van der Waals surface area contributed by atoms with Gasteiger partial charge in [0, 0.05) is 5.02 Å². The zero-order valence-electron chi connectivity index (χ0n) is 19.2. The fourth-order valence-electron chi connectivity index (χ4n) is 4.74. The first-order valence-corrected chi connectivity index (χ1v) is 12.2. The van der Waals surface area contributed by atoms with Crippen LogP contribution in [0.2, 0.25) is 5.02 Å². The van der Waals surface area contributed by atoms with Crippen molar-refractivity contribution in [3.63, 3.8) is 0 Å². The Labute approximate surface area is 211 Å². The molecule has 0 bridgehead atoms. The highest BCUT2D eigenvalue weighted by Crippen LogP contribution is 2.38. The van der Waals surface area contributed by atoms with Crippen LogP contribution in [0.1, 0.15) is 0 Å². The van der Waals surface area contributed by atoms with Crippen LogP contribution in [-0.4, -0.2) is 0 Å². The highest BCUT2D eigenvalue weighted by molar-refractivity contribution is 6.31. The van der Waals surface area contributed by atoms with Crippen molar-refractivity contribution in [3.05, 3.63) is 145 Å². The third kappa shape index (κ3) is 4.37. The summed E-state index contributed by atoms with van der Waals surface area (Å²) in [4.78, 5) is 0. The van der Waals surface area contributed by atoms with E-state index in [4.69, 9.17) is 11.6 Å². The molecule has 35 heavy (non-hydrogen) atoms. The summed E-state index contributed by atoms with van der Waals surface area (Å²) in [5.41, 5.74) is 9.37. The average Bonchev–Trinajstić information content (AvgIpc) is 2.93. The Kier molecular flexibility index (Phi) is 5.66. The van der Waals surface area contributed by atoms with Crippen molar-refractivity contribution in [2.45, 2.75) is 0 Å². The fourth-order valence-corrected chi connectivity index (χ4v) is 4.98. The van der Waals surface area contributed by atoms with E-state index in [1.807, 2.05) is 6.07 Å². The SMILES string of the molecule is Clc1cc(-c2ccc(-c3ccccc3)c(-c3ccccc3)c2)cc(-c2ccc3ccccc3c2)c1. The third-order valence-corrected chi connectivity index (χ3v) is 6.72. The maximum absolute atomic E-state index is 6.65. The summed E-state index contributed by atoms with van der Waals surface area (Å²) in [6, 6.07) is 49.2. The van der Waals surface area contributed by atoms with Gasteiger partial charge in [-0.25, -0.2) is 0 Å². The number of hydrogen-bond acceptors (Lipinski definition) is 0. The summed E-state index contributed by atoms with van der Waals surface area (Å²) in [6.07, 6.45) is 0. The van der Waals surface area contributed by atoms with Gasteiger partial charge in [-0.1, -0.05) is 121 Å². The molecule has 0 atom stereocenters. The van der Waals surface area contributed by atoms with Crippen molar-refractivity contribution in [2.24, 2.45) is 0 Å². The molecule has 0 fully saturated rings. The van der Waals surface area contributed by atoms with Crippen LogP contribution in [0.3, 0.4) is 0 Å². The molecule has 0 radical (unpaired) electrons. The van der Waals surface area contributed by atoms with E-state index in [1.54, 1.807) is 0 Å². The van der Waals surface area contributed by atoms with Gasteiger partial charge >= 0.3 is 0 Å². The first kappa shape index (κ1) is 21.4. The van der Waals surface area contributed by atoms with Crippen molar-refractivity contribution < 1.29 is 0 Å². The van der Waals surface area contributed by atoms with Crippen molar-refractivity contribution >= 4 is 22.4 Å². The Balaban J connectivity index is 1.49. The molecule has 6 rings (SSSR count). The summed E-state index contributed by atoms with van der Waals surface area (Å²) >= 11 is 6.65. The van der Waals surface area contributed by atoms with E-state index in [9.17, 15) is 0 Å². The van der Waals surface area contributed by atoms with Gasteiger partial charge in [-0.15, -0.1) is 0 Å². The number of rotatable bonds is 4. The average molecular weight is 467 g/mol. The molecule has 0 aliphatic rings. The Bertz CT molecular complexity index is 1630. The Morgan fingerprint density at radius 2 is 0.857 bits per heavy atom. The number of hydrogen-bond donors (Lipinski definition) is 0. The Hall–Kier alpha value is -4.13. The Morgan fingerprint density at radius 1 is 0.314 bits per heavy atom. The van der Waals surface area contributed by atoms with E-state index < -0.39 is 0 Å². The molecule has 0 saturated carbocycles. The van der Waals surface area contributed by atoms with Crippen LogP contribution >= 0.6 is 11.6 Å². The maximum atomic E-state index is 6.65. The van der Waals surface area contributed by atoms with Gasteiger partial charge in [-0.3, -0.25) is 0 Å². The van der Waals surface area contributed by atoms with E-state index in [0.717, 1.165) is 27.3 Å². The Morgan fingerprint density at radius 3 is 1.54 bits per heavy atom. The summed E-state index contributed by atoms with van der Waals surface area (Å²) in [7, 11) is 0. The lowest BCUT2D eigenvalue weighted by molar-refractivity contribution is 1.56. The quantitative estimate of drug-likeness (QED) is 0.242. The molecule has 0 aromatic heterocycles. The second-order valence-corrected chi connectivity index (χ2v) is 9.22. The molecule has 6 aromatic carbocycles. The summed E-state index contributed by atoms with van der Waals surface area (Å²) in [5.74, 6) is 0. The van der Waals surface area contributed by atoms with Crippen molar-refractivity contribution in [1.29, 1.82) is 0 Å². The van der Waals surface area contributed by atoms with Crippen LogP contribution in [0, 0.1) is 0 Å². The normalized spacial score (nSPS) is 11.0. The van der Waals surface area contributed by atoms with Gasteiger partial charge in [-0.05, 0) is 85.6 Å². The predicted octanol–water partition coefficient (Wildman–Crippen LogP) is 10.2. The summed E-state index contributed by atoms with van der Waals surface area (Å²) in [5, 5.41) is 3.20.